The van der Waals surface area contributed by atoms with E-state index in [-0.39, 0.29) is 0 Å². The van der Waals surface area contributed by atoms with Gasteiger partial charge in [-0.25, -0.2) is 0 Å². The molecule has 2 nitrogen and oxygen atoms in total. The van der Waals surface area contributed by atoms with E-state index in [1.807, 2.05) is 0 Å². The molecular weight excluding hydrogens is 208 g/mol. The molecule has 0 radical (unpaired) electrons. The van der Waals surface area contributed by atoms with Crippen molar-refractivity contribution >= 4 is 0 Å². The first-order chi connectivity index (χ1) is 8.04. The Balaban J connectivity index is 2.00. The number of nitrogens with two attached hydrogens (primary N) is 1. The van der Waals surface area contributed by atoms with Gasteiger partial charge in [-0.2, -0.15) is 0 Å². The molecule has 1 aliphatic rings. The molecule has 1 saturated carbocycles. The molecule has 3 N–H and O–H groups in total. The fraction of sp³-hybridized carbons (Fsp3) is 1.00. The highest BCUT2D eigenvalue weighted by Gasteiger charge is 2.23. The molecule has 0 aliphatic heterocycles. The largest absolute Gasteiger partial charge is 0.330 e. The SMILES string of the molecule is CC(C)(C)C(CCN)CCCNCCC1CC1. The summed E-state index contributed by atoms with van der Waals surface area (Å²) < 4.78 is 0. The first-order valence-corrected chi connectivity index (χ1v) is 7.45. The van der Waals surface area contributed by atoms with Crippen LogP contribution in [0.15, 0.2) is 0 Å². The number of rotatable bonds is 9. The zero-order valence-electron chi connectivity index (χ0n) is 12.1. The van der Waals surface area contributed by atoms with Crippen molar-refractivity contribution in [3.8, 4) is 0 Å². The van der Waals surface area contributed by atoms with Crippen LogP contribution in [0.2, 0.25) is 0 Å². The Morgan fingerprint density at radius 3 is 2.41 bits per heavy atom. The Labute approximate surface area is 108 Å². The van der Waals surface area contributed by atoms with Crippen molar-refractivity contribution in [2.75, 3.05) is 19.6 Å². The van der Waals surface area contributed by atoms with Crippen molar-refractivity contribution in [3.63, 3.8) is 0 Å². The molecule has 0 spiro atoms. The van der Waals surface area contributed by atoms with Crippen LogP contribution in [0.3, 0.4) is 0 Å². The molecule has 0 saturated heterocycles. The maximum atomic E-state index is 5.70. The Morgan fingerprint density at radius 1 is 1.18 bits per heavy atom. The van der Waals surface area contributed by atoms with Gasteiger partial charge in [0, 0.05) is 0 Å². The molecule has 0 bridgehead atoms. The molecule has 0 aromatic carbocycles. The van der Waals surface area contributed by atoms with Crippen LogP contribution in [-0.4, -0.2) is 19.6 Å². The van der Waals surface area contributed by atoms with Gasteiger partial charge < -0.3 is 11.1 Å². The average molecular weight is 240 g/mol. The highest BCUT2D eigenvalue weighted by atomic mass is 14.8. The Bertz CT molecular complexity index is 192. The molecule has 1 atom stereocenters. The molecule has 0 amide bonds. The van der Waals surface area contributed by atoms with Crippen molar-refractivity contribution in [1.82, 2.24) is 5.32 Å². The van der Waals surface area contributed by atoms with E-state index in [9.17, 15) is 0 Å². The number of hydrogen-bond acceptors (Lipinski definition) is 2. The van der Waals surface area contributed by atoms with Crippen molar-refractivity contribution in [2.24, 2.45) is 23.0 Å². The number of nitrogens with one attached hydrogen (secondary N) is 1. The van der Waals surface area contributed by atoms with Gasteiger partial charge in [0.2, 0.25) is 0 Å². The first-order valence-electron chi connectivity index (χ1n) is 7.45. The minimum absolute atomic E-state index is 0.410. The van der Waals surface area contributed by atoms with Crippen LogP contribution in [0.4, 0.5) is 0 Å². The molecule has 1 fully saturated rings. The fourth-order valence-electron chi connectivity index (χ4n) is 2.52. The Morgan fingerprint density at radius 2 is 1.88 bits per heavy atom. The standard InChI is InChI=1S/C15H32N2/c1-15(2,3)14(8-10-16)5-4-11-17-12-9-13-6-7-13/h13-14,17H,4-12,16H2,1-3H3. The van der Waals surface area contributed by atoms with Crippen LogP contribution in [0, 0.1) is 17.3 Å². The molecule has 102 valence electrons. The molecule has 0 aromatic rings. The second-order valence-corrected chi connectivity index (χ2v) is 6.76. The fourth-order valence-corrected chi connectivity index (χ4v) is 2.52. The van der Waals surface area contributed by atoms with Crippen LogP contribution in [-0.2, 0) is 0 Å². The highest BCUT2D eigenvalue weighted by Crippen LogP contribution is 2.32. The van der Waals surface area contributed by atoms with Gasteiger partial charge >= 0.3 is 0 Å². The first kappa shape index (κ1) is 15.0. The van der Waals surface area contributed by atoms with Crippen LogP contribution in [0.1, 0.15) is 59.3 Å². The van der Waals surface area contributed by atoms with Gasteiger partial charge in [0.15, 0.2) is 0 Å². The average Bonchev–Trinajstić information content (AvgIpc) is 3.03. The van der Waals surface area contributed by atoms with Gasteiger partial charge in [0.05, 0.1) is 0 Å². The smallest absolute Gasteiger partial charge is 0.00463 e. The number of hydrogen-bond donors (Lipinski definition) is 2. The van der Waals surface area contributed by atoms with Gasteiger partial charge in [-0.1, -0.05) is 33.6 Å². The lowest BCUT2D eigenvalue weighted by atomic mass is 9.76. The zero-order valence-corrected chi connectivity index (χ0v) is 12.1. The van der Waals surface area contributed by atoms with Crippen LogP contribution < -0.4 is 11.1 Å². The third kappa shape index (κ3) is 7.05. The molecular formula is C15H32N2. The monoisotopic (exact) mass is 240 g/mol. The molecule has 1 aliphatic carbocycles. The van der Waals surface area contributed by atoms with Crippen molar-refractivity contribution in [2.45, 2.75) is 59.3 Å². The van der Waals surface area contributed by atoms with E-state index in [0.717, 1.165) is 18.4 Å². The summed E-state index contributed by atoms with van der Waals surface area (Å²) in [6.07, 6.45) is 8.13. The highest BCUT2D eigenvalue weighted by molar-refractivity contribution is 4.75. The Hall–Kier alpha value is -0.0800. The van der Waals surface area contributed by atoms with Crippen LogP contribution in [0.25, 0.3) is 0 Å². The summed E-state index contributed by atoms with van der Waals surface area (Å²) in [5, 5.41) is 3.57. The molecule has 1 unspecified atom stereocenters. The van der Waals surface area contributed by atoms with Crippen molar-refractivity contribution in [1.29, 1.82) is 0 Å². The third-order valence-electron chi connectivity index (χ3n) is 4.07. The summed E-state index contributed by atoms with van der Waals surface area (Å²) in [6, 6.07) is 0. The van der Waals surface area contributed by atoms with E-state index >= 15 is 0 Å². The second-order valence-electron chi connectivity index (χ2n) is 6.76. The van der Waals surface area contributed by atoms with Crippen LogP contribution in [0.5, 0.6) is 0 Å². The molecule has 0 heterocycles. The molecule has 2 heteroatoms. The van der Waals surface area contributed by atoms with E-state index in [1.165, 1.54) is 51.6 Å². The molecule has 0 aromatic heterocycles. The molecule has 17 heavy (non-hydrogen) atoms. The maximum absolute atomic E-state index is 5.70. The topological polar surface area (TPSA) is 38.0 Å². The Kier molecular flexibility index (Phi) is 6.50. The van der Waals surface area contributed by atoms with Crippen molar-refractivity contribution < 1.29 is 0 Å². The van der Waals surface area contributed by atoms with Gasteiger partial charge in [-0.05, 0) is 62.6 Å². The summed E-state index contributed by atoms with van der Waals surface area (Å²) in [4.78, 5) is 0. The lowest BCUT2D eigenvalue weighted by molar-refractivity contribution is 0.210. The third-order valence-corrected chi connectivity index (χ3v) is 4.07. The van der Waals surface area contributed by atoms with Gasteiger partial charge in [-0.15, -0.1) is 0 Å². The van der Waals surface area contributed by atoms with E-state index in [0.29, 0.717) is 5.41 Å². The van der Waals surface area contributed by atoms with Crippen molar-refractivity contribution in [3.05, 3.63) is 0 Å². The summed E-state index contributed by atoms with van der Waals surface area (Å²) >= 11 is 0. The molecule has 1 rings (SSSR count). The predicted molar refractivity (Wildman–Crippen MR) is 76.1 cm³/mol. The lowest BCUT2D eigenvalue weighted by Crippen LogP contribution is -2.25. The summed E-state index contributed by atoms with van der Waals surface area (Å²) in [5.74, 6) is 1.83. The summed E-state index contributed by atoms with van der Waals surface area (Å²) in [7, 11) is 0. The second kappa shape index (κ2) is 7.38. The predicted octanol–water partition coefficient (Wildman–Crippen LogP) is 3.17. The summed E-state index contributed by atoms with van der Waals surface area (Å²) in [6.45, 7) is 10.3. The van der Waals surface area contributed by atoms with E-state index in [2.05, 4.69) is 26.1 Å². The minimum Gasteiger partial charge on any atom is -0.330 e. The van der Waals surface area contributed by atoms with Crippen LogP contribution >= 0.6 is 0 Å². The van der Waals surface area contributed by atoms with E-state index in [1.54, 1.807) is 0 Å². The summed E-state index contributed by atoms with van der Waals surface area (Å²) in [5.41, 5.74) is 6.11. The minimum atomic E-state index is 0.410. The quantitative estimate of drug-likeness (QED) is 0.608. The lowest BCUT2D eigenvalue weighted by Gasteiger charge is -2.30. The van der Waals surface area contributed by atoms with Gasteiger partial charge in [0.1, 0.15) is 0 Å². The van der Waals surface area contributed by atoms with E-state index < -0.39 is 0 Å². The van der Waals surface area contributed by atoms with Gasteiger partial charge in [-0.3, -0.25) is 0 Å². The maximum Gasteiger partial charge on any atom is -0.00463 e. The van der Waals surface area contributed by atoms with Gasteiger partial charge in [0.25, 0.3) is 0 Å². The zero-order chi connectivity index (χ0) is 12.7. The van der Waals surface area contributed by atoms with E-state index in [4.69, 9.17) is 5.73 Å². The normalized spacial score (nSPS) is 18.4.